The minimum absolute atomic E-state index is 0.0760. The largest absolute Gasteiger partial charge is 0.481 e. The standard InChI is InChI=1S/C13H15ClO4/c1-13(10-4-2-3-5-11(10)14)17-8-9(18-13)6-7-12(15)16/h2-5,9H,6-8H2,1H3,(H,15,16). The van der Waals surface area contributed by atoms with Gasteiger partial charge in [0.1, 0.15) is 0 Å². The summed E-state index contributed by atoms with van der Waals surface area (Å²) in [5.41, 5.74) is 0.768. The molecule has 1 aromatic rings. The Morgan fingerprint density at radius 2 is 2.28 bits per heavy atom. The molecule has 2 atom stereocenters. The maximum Gasteiger partial charge on any atom is 0.303 e. The highest BCUT2D eigenvalue weighted by atomic mass is 35.5. The van der Waals surface area contributed by atoms with E-state index in [1.165, 1.54) is 0 Å². The summed E-state index contributed by atoms with van der Waals surface area (Å²) in [6, 6.07) is 7.33. The second-order valence-electron chi connectivity index (χ2n) is 4.41. The van der Waals surface area contributed by atoms with E-state index in [9.17, 15) is 4.79 Å². The molecule has 1 aromatic carbocycles. The van der Waals surface area contributed by atoms with Gasteiger partial charge in [0.05, 0.1) is 12.7 Å². The number of ether oxygens (including phenoxy) is 2. The zero-order valence-corrected chi connectivity index (χ0v) is 10.8. The molecular formula is C13H15ClO4. The molecule has 0 radical (unpaired) electrons. The second-order valence-corrected chi connectivity index (χ2v) is 4.82. The third-order valence-electron chi connectivity index (χ3n) is 2.98. The molecule has 5 heteroatoms. The molecule has 1 fully saturated rings. The molecule has 0 saturated carbocycles. The van der Waals surface area contributed by atoms with Crippen molar-refractivity contribution in [3.05, 3.63) is 34.9 Å². The van der Waals surface area contributed by atoms with Gasteiger partial charge in [-0.3, -0.25) is 4.79 Å². The molecule has 0 bridgehead atoms. The van der Waals surface area contributed by atoms with E-state index in [1.807, 2.05) is 18.2 Å². The van der Waals surface area contributed by atoms with Crippen LogP contribution in [-0.4, -0.2) is 23.8 Å². The van der Waals surface area contributed by atoms with Crippen molar-refractivity contribution < 1.29 is 19.4 Å². The highest BCUT2D eigenvalue weighted by Gasteiger charge is 2.39. The van der Waals surface area contributed by atoms with Crippen molar-refractivity contribution in [2.24, 2.45) is 0 Å². The lowest BCUT2D eigenvalue weighted by Gasteiger charge is -2.24. The van der Waals surface area contributed by atoms with Crippen LogP contribution in [0.2, 0.25) is 5.02 Å². The van der Waals surface area contributed by atoms with E-state index >= 15 is 0 Å². The van der Waals surface area contributed by atoms with Gasteiger partial charge in [0.15, 0.2) is 5.79 Å². The SMILES string of the molecule is CC1(c2ccccc2Cl)OCC(CCC(=O)O)O1. The lowest BCUT2D eigenvalue weighted by atomic mass is 10.1. The molecule has 2 rings (SSSR count). The molecule has 1 heterocycles. The van der Waals surface area contributed by atoms with Crippen LogP contribution in [-0.2, 0) is 20.1 Å². The highest BCUT2D eigenvalue weighted by Crippen LogP contribution is 2.38. The fraction of sp³-hybridized carbons (Fsp3) is 0.462. The Kier molecular flexibility index (Phi) is 3.90. The van der Waals surface area contributed by atoms with Gasteiger partial charge in [-0.1, -0.05) is 29.8 Å². The maximum atomic E-state index is 10.5. The van der Waals surface area contributed by atoms with Crippen molar-refractivity contribution in [1.29, 1.82) is 0 Å². The molecule has 18 heavy (non-hydrogen) atoms. The lowest BCUT2D eigenvalue weighted by Crippen LogP contribution is -2.24. The molecular weight excluding hydrogens is 256 g/mol. The van der Waals surface area contributed by atoms with Crippen molar-refractivity contribution in [3.63, 3.8) is 0 Å². The summed E-state index contributed by atoms with van der Waals surface area (Å²) in [7, 11) is 0. The van der Waals surface area contributed by atoms with Crippen LogP contribution in [0.4, 0.5) is 0 Å². The summed E-state index contributed by atoms with van der Waals surface area (Å²) >= 11 is 6.12. The van der Waals surface area contributed by atoms with Crippen molar-refractivity contribution in [3.8, 4) is 0 Å². The summed E-state index contributed by atoms with van der Waals surface area (Å²) in [5.74, 6) is -1.72. The Morgan fingerprint density at radius 3 is 2.94 bits per heavy atom. The first-order valence-electron chi connectivity index (χ1n) is 5.80. The Hall–Kier alpha value is -1.10. The highest BCUT2D eigenvalue weighted by molar-refractivity contribution is 6.31. The number of hydrogen-bond donors (Lipinski definition) is 1. The number of benzene rings is 1. The number of rotatable bonds is 4. The Bertz CT molecular complexity index is 448. The molecule has 0 spiro atoms. The molecule has 1 saturated heterocycles. The van der Waals surface area contributed by atoms with Gasteiger partial charge in [0, 0.05) is 17.0 Å². The first-order valence-corrected chi connectivity index (χ1v) is 6.17. The zero-order valence-electron chi connectivity index (χ0n) is 10.1. The quantitative estimate of drug-likeness (QED) is 0.914. The lowest BCUT2D eigenvalue weighted by molar-refractivity contribution is -0.163. The summed E-state index contributed by atoms with van der Waals surface area (Å²) in [6.07, 6.45) is 0.310. The van der Waals surface area contributed by atoms with Gasteiger partial charge < -0.3 is 14.6 Å². The molecule has 2 unspecified atom stereocenters. The number of carboxylic acid groups (broad SMARTS) is 1. The Balaban J connectivity index is 2.06. The predicted molar refractivity (Wildman–Crippen MR) is 66.5 cm³/mol. The van der Waals surface area contributed by atoms with Gasteiger partial charge in [-0.25, -0.2) is 0 Å². The molecule has 0 aliphatic carbocycles. The third-order valence-corrected chi connectivity index (χ3v) is 3.31. The number of carbonyl (C=O) groups is 1. The Labute approximate surface area is 110 Å². The first-order chi connectivity index (χ1) is 8.51. The fourth-order valence-electron chi connectivity index (χ4n) is 2.04. The Morgan fingerprint density at radius 1 is 1.56 bits per heavy atom. The van der Waals surface area contributed by atoms with E-state index in [0.717, 1.165) is 5.56 Å². The van der Waals surface area contributed by atoms with Gasteiger partial charge in [0.25, 0.3) is 0 Å². The van der Waals surface area contributed by atoms with Gasteiger partial charge in [-0.05, 0) is 19.4 Å². The summed E-state index contributed by atoms with van der Waals surface area (Å²) < 4.78 is 11.4. The van der Waals surface area contributed by atoms with E-state index in [1.54, 1.807) is 13.0 Å². The number of hydrogen-bond acceptors (Lipinski definition) is 3. The van der Waals surface area contributed by atoms with Crippen LogP contribution in [0.25, 0.3) is 0 Å². The molecule has 4 nitrogen and oxygen atoms in total. The number of halogens is 1. The van der Waals surface area contributed by atoms with Gasteiger partial charge in [-0.2, -0.15) is 0 Å². The zero-order chi connectivity index (χ0) is 13.2. The minimum atomic E-state index is -0.887. The van der Waals surface area contributed by atoms with Crippen LogP contribution in [0.15, 0.2) is 24.3 Å². The van der Waals surface area contributed by atoms with Gasteiger partial charge in [-0.15, -0.1) is 0 Å². The van der Waals surface area contributed by atoms with Crippen LogP contribution < -0.4 is 0 Å². The van der Waals surface area contributed by atoms with E-state index < -0.39 is 11.8 Å². The van der Waals surface area contributed by atoms with Crippen molar-refractivity contribution in [1.82, 2.24) is 0 Å². The minimum Gasteiger partial charge on any atom is -0.481 e. The van der Waals surface area contributed by atoms with Crippen molar-refractivity contribution >= 4 is 17.6 Å². The van der Waals surface area contributed by atoms with E-state index in [0.29, 0.717) is 18.1 Å². The number of aliphatic carboxylic acids is 1. The molecule has 98 valence electrons. The van der Waals surface area contributed by atoms with Crippen LogP contribution in [0.3, 0.4) is 0 Å². The van der Waals surface area contributed by atoms with Crippen LogP contribution in [0.1, 0.15) is 25.3 Å². The monoisotopic (exact) mass is 270 g/mol. The average Bonchev–Trinajstić information content (AvgIpc) is 2.70. The molecule has 1 aliphatic rings. The summed E-state index contributed by atoms with van der Waals surface area (Å²) in [4.78, 5) is 10.5. The predicted octanol–water partition coefficient (Wildman–Crippen LogP) is 2.79. The fourth-order valence-corrected chi connectivity index (χ4v) is 2.34. The molecule has 1 N–H and O–H groups in total. The topological polar surface area (TPSA) is 55.8 Å². The molecule has 0 aromatic heterocycles. The van der Waals surface area contributed by atoms with E-state index in [2.05, 4.69) is 0 Å². The van der Waals surface area contributed by atoms with Gasteiger partial charge in [0.2, 0.25) is 0 Å². The molecule has 1 aliphatic heterocycles. The van der Waals surface area contributed by atoms with Crippen LogP contribution in [0.5, 0.6) is 0 Å². The summed E-state index contributed by atoms with van der Waals surface area (Å²) in [6.45, 7) is 2.18. The van der Waals surface area contributed by atoms with Crippen molar-refractivity contribution in [2.75, 3.05) is 6.61 Å². The molecule has 0 amide bonds. The average molecular weight is 271 g/mol. The number of carboxylic acids is 1. The van der Waals surface area contributed by atoms with E-state index in [-0.39, 0.29) is 12.5 Å². The summed E-state index contributed by atoms with van der Waals surface area (Å²) in [5, 5.41) is 9.23. The van der Waals surface area contributed by atoms with Crippen molar-refractivity contribution in [2.45, 2.75) is 31.7 Å². The second kappa shape index (κ2) is 5.26. The van der Waals surface area contributed by atoms with E-state index in [4.69, 9.17) is 26.2 Å². The first kappa shape index (κ1) is 13.3. The smallest absolute Gasteiger partial charge is 0.303 e. The van der Waals surface area contributed by atoms with Gasteiger partial charge >= 0.3 is 5.97 Å². The van der Waals surface area contributed by atoms with Crippen LogP contribution >= 0.6 is 11.6 Å². The maximum absolute atomic E-state index is 10.5. The van der Waals surface area contributed by atoms with Crippen LogP contribution in [0, 0.1) is 0 Å². The normalized spacial score (nSPS) is 27.3. The third kappa shape index (κ3) is 2.83.